The summed E-state index contributed by atoms with van der Waals surface area (Å²) in [4.78, 5) is 14.2. The number of aliphatic hydroxyl groups excluding tert-OH is 1. The van der Waals surface area contributed by atoms with Crippen LogP contribution in [0.1, 0.15) is 59.8 Å². The van der Waals surface area contributed by atoms with Crippen LogP contribution in [0.3, 0.4) is 0 Å². The molecule has 1 aliphatic heterocycles. The maximum atomic E-state index is 12.2. The van der Waals surface area contributed by atoms with Crippen LogP contribution in [0.25, 0.3) is 0 Å². The van der Waals surface area contributed by atoms with E-state index in [1.165, 1.54) is 0 Å². The Kier molecular flexibility index (Phi) is 6.96. The van der Waals surface area contributed by atoms with Gasteiger partial charge < -0.3 is 15.3 Å². The van der Waals surface area contributed by atoms with Crippen LogP contribution >= 0.6 is 0 Å². The number of likely N-dealkylation sites (tertiary alicyclic amines) is 1. The zero-order valence-electron chi connectivity index (χ0n) is 13.6. The largest absolute Gasteiger partial charge is 0.396 e. The second-order valence-corrected chi connectivity index (χ2v) is 7.18. The maximum Gasteiger partial charge on any atom is 0.223 e. The molecule has 0 saturated carbocycles. The van der Waals surface area contributed by atoms with Gasteiger partial charge in [0.1, 0.15) is 0 Å². The Labute approximate surface area is 123 Å². The van der Waals surface area contributed by atoms with Gasteiger partial charge in [0.25, 0.3) is 0 Å². The first-order valence-electron chi connectivity index (χ1n) is 8.00. The molecule has 1 fully saturated rings. The molecule has 0 bridgehead atoms. The van der Waals surface area contributed by atoms with E-state index in [-0.39, 0.29) is 12.0 Å². The number of piperidine rings is 1. The van der Waals surface area contributed by atoms with E-state index in [1.54, 1.807) is 0 Å². The van der Waals surface area contributed by atoms with E-state index >= 15 is 0 Å². The van der Waals surface area contributed by atoms with E-state index in [4.69, 9.17) is 5.11 Å². The van der Waals surface area contributed by atoms with Gasteiger partial charge in [-0.15, -0.1) is 0 Å². The van der Waals surface area contributed by atoms with Gasteiger partial charge in [0.05, 0.1) is 0 Å². The summed E-state index contributed by atoms with van der Waals surface area (Å²) in [6, 6.07) is 0.895. The normalized spacial score (nSPS) is 19.1. The SMILES string of the molecule is CCC(CCO)NC1CCN(C(=O)CC(C)(C)C)CC1. The molecular weight excluding hydrogens is 252 g/mol. The first-order valence-corrected chi connectivity index (χ1v) is 8.00. The summed E-state index contributed by atoms with van der Waals surface area (Å²) in [6.07, 6.45) is 4.55. The lowest BCUT2D eigenvalue weighted by Crippen LogP contribution is -2.48. The fourth-order valence-electron chi connectivity index (χ4n) is 2.76. The average Bonchev–Trinajstić information content (AvgIpc) is 2.37. The summed E-state index contributed by atoms with van der Waals surface area (Å²) in [5.74, 6) is 0.290. The van der Waals surface area contributed by atoms with E-state index < -0.39 is 0 Å². The third-order valence-corrected chi connectivity index (χ3v) is 3.97. The van der Waals surface area contributed by atoms with Crippen molar-refractivity contribution >= 4 is 5.91 Å². The molecule has 20 heavy (non-hydrogen) atoms. The second-order valence-electron chi connectivity index (χ2n) is 7.18. The summed E-state index contributed by atoms with van der Waals surface area (Å²) in [6.45, 7) is 10.5. The summed E-state index contributed by atoms with van der Waals surface area (Å²) < 4.78 is 0. The number of carbonyl (C=O) groups is 1. The van der Waals surface area contributed by atoms with Crippen molar-refractivity contribution in [3.05, 3.63) is 0 Å². The van der Waals surface area contributed by atoms with Crippen molar-refractivity contribution in [3.8, 4) is 0 Å². The highest BCUT2D eigenvalue weighted by molar-refractivity contribution is 5.76. The Hall–Kier alpha value is -0.610. The molecule has 1 saturated heterocycles. The van der Waals surface area contributed by atoms with Gasteiger partial charge in [0, 0.05) is 38.2 Å². The van der Waals surface area contributed by atoms with Crippen LogP contribution in [0.5, 0.6) is 0 Å². The monoisotopic (exact) mass is 284 g/mol. The number of aliphatic hydroxyl groups is 1. The van der Waals surface area contributed by atoms with Crippen molar-refractivity contribution in [2.75, 3.05) is 19.7 Å². The minimum atomic E-state index is 0.0701. The highest BCUT2D eigenvalue weighted by Gasteiger charge is 2.26. The molecule has 0 aromatic rings. The molecule has 0 aliphatic carbocycles. The standard InChI is InChI=1S/C16H32N2O2/c1-5-13(8-11-19)17-14-6-9-18(10-7-14)15(20)12-16(2,3)4/h13-14,17,19H,5-12H2,1-4H3. The van der Waals surface area contributed by atoms with Gasteiger partial charge in [0.2, 0.25) is 5.91 Å². The topological polar surface area (TPSA) is 52.6 Å². The lowest BCUT2D eigenvalue weighted by Gasteiger charge is -2.35. The second kappa shape index (κ2) is 7.99. The molecule has 1 rings (SSSR count). The zero-order valence-corrected chi connectivity index (χ0v) is 13.6. The molecule has 0 radical (unpaired) electrons. The average molecular weight is 284 g/mol. The molecule has 2 N–H and O–H groups in total. The molecule has 0 spiro atoms. The third-order valence-electron chi connectivity index (χ3n) is 3.97. The molecule has 1 aliphatic rings. The van der Waals surface area contributed by atoms with Crippen molar-refractivity contribution in [1.29, 1.82) is 0 Å². The molecule has 0 aromatic carbocycles. The van der Waals surface area contributed by atoms with Crippen molar-refractivity contribution in [3.63, 3.8) is 0 Å². The minimum absolute atomic E-state index is 0.0701. The van der Waals surface area contributed by atoms with Crippen LogP contribution in [0.4, 0.5) is 0 Å². The number of amides is 1. The van der Waals surface area contributed by atoms with E-state index in [2.05, 4.69) is 33.0 Å². The Morgan fingerprint density at radius 1 is 1.35 bits per heavy atom. The van der Waals surface area contributed by atoms with Gasteiger partial charge in [-0.25, -0.2) is 0 Å². The van der Waals surface area contributed by atoms with Crippen LogP contribution in [0, 0.1) is 5.41 Å². The Balaban J connectivity index is 2.34. The van der Waals surface area contributed by atoms with Crippen molar-refractivity contribution in [2.45, 2.75) is 71.9 Å². The van der Waals surface area contributed by atoms with Crippen molar-refractivity contribution < 1.29 is 9.90 Å². The molecule has 1 heterocycles. The van der Waals surface area contributed by atoms with E-state index in [0.717, 1.165) is 38.8 Å². The van der Waals surface area contributed by atoms with Gasteiger partial charge >= 0.3 is 0 Å². The van der Waals surface area contributed by atoms with E-state index in [9.17, 15) is 4.79 Å². The van der Waals surface area contributed by atoms with E-state index in [0.29, 0.717) is 24.4 Å². The third kappa shape index (κ3) is 6.23. The molecule has 1 unspecified atom stereocenters. The highest BCUT2D eigenvalue weighted by atomic mass is 16.3. The van der Waals surface area contributed by atoms with E-state index in [1.807, 2.05) is 4.90 Å². The minimum Gasteiger partial charge on any atom is -0.396 e. The maximum absolute atomic E-state index is 12.2. The summed E-state index contributed by atoms with van der Waals surface area (Å²) in [5, 5.41) is 12.6. The van der Waals surface area contributed by atoms with Crippen LogP contribution in [0.2, 0.25) is 0 Å². The molecule has 118 valence electrons. The van der Waals surface area contributed by atoms with Gasteiger partial charge in [-0.1, -0.05) is 27.7 Å². The van der Waals surface area contributed by atoms with Crippen LogP contribution in [-0.2, 0) is 4.79 Å². The Morgan fingerprint density at radius 2 is 1.95 bits per heavy atom. The Bertz CT molecular complexity index is 291. The lowest BCUT2D eigenvalue weighted by atomic mass is 9.91. The Morgan fingerprint density at radius 3 is 2.40 bits per heavy atom. The smallest absolute Gasteiger partial charge is 0.223 e. The first-order chi connectivity index (χ1) is 9.35. The van der Waals surface area contributed by atoms with Gasteiger partial charge in [-0.2, -0.15) is 0 Å². The number of hydrogen-bond acceptors (Lipinski definition) is 3. The molecular formula is C16H32N2O2. The molecule has 0 aromatic heterocycles. The molecule has 4 heteroatoms. The summed E-state index contributed by atoms with van der Waals surface area (Å²) in [5.41, 5.74) is 0.0701. The van der Waals surface area contributed by atoms with Gasteiger partial charge in [0.15, 0.2) is 0 Å². The number of nitrogens with zero attached hydrogens (tertiary/aromatic N) is 1. The van der Waals surface area contributed by atoms with Crippen LogP contribution in [-0.4, -0.2) is 47.7 Å². The predicted octanol–water partition coefficient (Wildman–Crippen LogP) is 2.16. The van der Waals surface area contributed by atoms with Gasteiger partial charge in [-0.05, 0) is 31.1 Å². The number of rotatable bonds is 6. The first kappa shape index (κ1) is 17.4. The van der Waals surface area contributed by atoms with Crippen molar-refractivity contribution in [1.82, 2.24) is 10.2 Å². The summed E-state index contributed by atoms with van der Waals surface area (Å²) >= 11 is 0. The quantitative estimate of drug-likeness (QED) is 0.786. The van der Waals surface area contributed by atoms with Crippen LogP contribution in [0.15, 0.2) is 0 Å². The van der Waals surface area contributed by atoms with Crippen molar-refractivity contribution in [2.24, 2.45) is 5.41 Å². The molecule has 1 atom stereocenters. The summed E-state index contributed by atoms with van der Waals surface area (Å²) in [7, 11) is 0. The number of nitrogens with one attached hydrogen (secondary N) is 1. The zero-order chi connectivity index (χ0) is 15.2. The fraction of sp³-hybridized carbons (Fsp3) is 0.938. The highest BCUT2D eigenvalue weighted by Crippen LogP contribution is 2.21. The molecule has 1 amide bonds. The van der Waals surface area contributed by atoms with Crippen LogP contribution < -0.4 is 5.32 Å². The van der Waals surface area contributed by atoms with Gasteiger partial charge in [-0.3, -0.25) is 4.79 Å². The molecule has 4 nitrogen and oxygen atoms in total. The lowest BCUT2D eigenvalue weighted by molar-refractivity contribution is -0.134. The number of hydrogen-bond donors (Lipinski definition) is 2. The number of carbonyl (C=O) groups excluding carboxylic acids is 1. The fourth-order valence-corrected chi connectivity index (χ4v) is 2.76. The predicted molar refractivity (Wildman–Crippen MR) is 82.6 cm³/mol.